The van der Waals surface area contributed by atoms with Gasteiger partial charge in [-0.1, -0.05) is 19.9 Å². The van der Waals surface area contributed by atoms with E-state index in [-0.39, 0.29) is 18.3 Å². The number of carbonyl (C=O) groups is 1. The topological polar surface area (TPSA) is 453 Å². The van der Waals surface area contributed by atoms with Crippen LogP contribution in [0.25, 0.3) is 0 Å². The first-order chi connectivity index (χ1) is 36.8. The van der Waals surface area contributed by atoms with Crippen molar-refractivity contribution in [3.05, 3.63) is 12.2 Å². The Hall–Kier alpha value is -1.83. The van der Waals surface area contributed by atoms with Crippen molar-refractivity contribution in [3.8, 4) is 0 Å². The van der Waals surface area contributed by atoms with Crippen LogP contribution < -0.4 is 0 Å². The third-order valence-electron chi connectivity index (χ3n) is 18.8. The van der Waals surface area contributed by atoms with Crippen molar-refractivity contribution in [1.82, 2.24) is 0 Å². The highest BCUT2D eigenvalue weighted by Gasteiger charge is 2.70. The molecule has 0 amide bonds. The first kappa shape index (κ1) is 62.2. The van der Waals surface area contributed by atoms with Gasteiger partial charge < -0.3 is 134 Å². The number of ether oxygens (including phenoxy) is 10. The van der Waals surface area contributed by atoms with Crippen LogP contribution in [-0.4, -0.2) is 286 Å². The van der Waals surface area contributed by atoms with E-state index in [0.29, 0.717) is 50.5 Å². The summed E-state index contributed by atoms with van der Waals surface area (Å²) < 4.78 is 58.7. The molecule has 1 spiro atoms. The summed E-state index contributed by atoms with van der Waals surface area (Å²) >= 11 is 0. The highest BCUT2D eigenvalue weighted by atomic mass is 16.8. The molecule has 4 aliphatic heterocycles. The summed E-state index contributed by atoms with van der Waals surface area (Å²) in [5.41, 5.74) is -2.69. The van der Waals surface area contributed by atoms with E-state index in [1.54, 1.807) is 0 Å². The van der Waals surface area contributed by atoms with Crippen molar-refractivity contribution in [1.29, 1.82) is 0 Å². The van der Waals surface area contributed by atoms with Crippen LogP contribution in [0.1, 0.15) is 71.6 Å². The van der Waals surface area contributed by atoms with Gasteiger partial charge in [0.15, 0.2) is 25.2 Å². The van der Waals surface area contributed by atoms with Gasteiger partial charge in [0, 0.05) is 7.11 Å². The van der Waals surface area contributed by atoms with E-state index >= 15 is 0 Å². The molecule has 28 nitrogen and oxygen atoms in total. The third-order valence-corrected chi connectivity index (χ3v) is 18.8. The zero-order valence-corrected chi connectivity index (χ0v) is 43.7. The normalized spacial score (nSPS) is 50.2. The lowest BCUT2D eigenvalue weighted by atomic mass is 9.41. The molecule has 8 fully saturated rings. The van der Waals surface area contributed by atoms with E-state index < -0.39 is 208 Å². The Bertz CT molecular complexity index is 2020. The zero-order chi connectivity index (χ0) is 57.1. The largest absolute Gasteiger partial charge is 0.432 e. The Morgan fingerprint density at radius 3 is 1.77 bits per heavy atom. The molecule has 17 N–H and O–H groups in total. The molecule has 0 aromatic heterocycles. The molecular weight excluding hydrogens is 1050 g/mol. The van der Waals surface area contributed by atoms with Gasteiger partial charge in [0.25, 0.3) is 0 Å². The molecule has 0 aromatic carbocycles. The Morgan fingerprint density at radius 1 is 0.628 bits per heavy atom. The molecule has 4 heterocycles. The molecule has 4 saturated heterocycles. The van der Waals surface area contributed by atoms with Gasteiger partial charge in [-0.15, -0.1) is 0 Å². The van der Waals surface area contributed by atoms with E-state index in [1.807, 2.05) is 6.92 Å². The third kappa shape index (κ3) is 11.1. The van der Waals surface area contributed by atoms with Gasteiger partial charge in [0.2, 0.25) is 6.29 Å². The van der Waals surface area contributed by atoms with E-state index in [0.717, 1.165) is 13.5 Å². The fraction of sp³-hybridized carbons (Fsp3) is 0.940. The Morgan fingerprint density at radius 2 is 1.17 bits per heavy atom. The van der Waals surface area contributed by atoms with Gasteiger partial charge in [-0.05, 0) is 86.5 Å². The maximum absolute atomic E-state index is 14.4. The SMILES string of the molecule is C=C1C[C@@]23CC[C@H]4[C@@](C)(CCC[C@@]4(C)C(=O)O[C@@H]4OC(CO)[C@@H](O)C(O)C4O)[C@@H]2CC[C@]1(O[C@@H]1OC(CO)[C@@H](O)C(O[C@H](O)C(O)[C@H](O)C(CO)OC)[C@@H]1O[C@@H]1OC(CO[C@H]2OC(CO)[C@@H](O)C(O)C2O)[C@@H](O)C(O)C1O)C3. The van der Waals surface area contributed by atoms with Gasteiger partial charge in [-0.3, -0.25) is 4.79 Å². The van der Waals surface area contributed by atoms with Gasteiger partial charge in [-0.25, -0.2) is 0 Å². The lowest BCUT2D eigenvalue weighted by molar-refractivity contribution is -0.393. The molecule has 2 bridgehead atoms. The molecule has 78 heavy (non-hydrogen) atoms. The van der Waals surface area contributed by atoms with E-state index in [1.165, 1.54) is 0 Å². The zero-order valence-electron chi connectivity index (χ0n) is 43.7. The molecular formula is C50H82O28. The van der Waals surface area contributed by atoms with Crippen LogP contribution >= 0.6 is 0 Å². The van der Waals surface area contributed by atoms with Crippen LogP contribution in [-0.2, 0) is 52.2 Å². The van der Waals surface area contributed by atoms with Crippen molar-refractivity contribution in [3.63, 3.8) is 0 Å². The van der Waals surface area contributed by atoms with Crippen molar-refractivity contribution in [2.24, 2.45) is 28.1 Å². The molecule has 8 rings (SSSR count). The smallest absolute Gasteiger partial charge is 0.314 e. The molecule has 450 valence electrons. The second-order valence-corrected chi connectivity index (χ2v) is 23.3. The van der Waals surface area contributed by atoms with Crippen molar-refractivity contribution in [2.75, 3.05) is 40.1 Å². The molecule has 4 saturated carbocycles. The second-order valence-electron chi connectivity index (χ2n) is 23.3. The van der Waals surface area contributed by atoms with E-state index in [2.05, 4.69) is 13.5 Å². The van der Waals surface area contributed by atoms with Crippen LogP contribution in [0.3, 0.4) is 0 Å². The van der Waals surface area contributed by atoms with Gasteiger partial charge >= 0.3 is 5.97 Å². The van der Waals surface area contributed by atoms with Crippen LogP contribution in [0.15, 0.2) is 12.2 Å². The minimum absolute atomic E-state index is 0.0411. The average Bonchev–Trinajstić information content (AvgIpc) is 3.67. The summed E-state index contributed by atoms with van der Waals surface area (Å²) in [4.78, 5) is 14.4. The number of fused-ring (bicyclic) bond motifs is 3. The number of hydrogen-bond donors (Lipinski definition) is 17. The lowest BCUT2D eigenvalue weighted by Crippen LogP contribution is -2.67. The van der Waals surface area contributed by atoms with Crippen molar-refractivity contribution in [2.45, 2.75) is 225 Å². The van der Waals surface area contributed by atoms with Crippen LogP contribution in [0, 0.1) is 28.1 Å². The predicted octanol–water partition coefficient (Wildman–Crippen LogP) is -7.04. The monoisotopic (exact) mass is 1130 g/mol. The summed E-state index contributed by atoms with van der Waals surface area (Å²) in [7, 11) is 1.12. The molecule has 13 unspecified atom stereocenters. The maximum atomic E-state index is 14.4. The highest BCUT2D eigenvalue weighted by molar-refractivity contribution is 5.77. The summed E-state index contributed by atoms with van der Waals surface area (Å²) in [5, 5.41) is 181. The molecule has 4 aliphatic carbocycles. The number of carbonyl (C=O) groups excluding carboxylic acids is 1. The number of hydrogen-bond acceptors (Lipinski definition) is 28. The second kappa shape index (κ2) is 24.4. The summed E-state index contributed by atoms with van der Waals surface area (Å²) in [5.74, 6) is -0.959. The summed E-state index contributed by atoms with van der Waals surface area (Å²) in [6, 6.07) is 0. The summed E-state index contributed by atoms with van der Waals surface area (Å²) in [6.07, 6.45) is -39.3. The molecule has 0 radical (unpaired) electrons. The van der Waals surface area contributed by atoms with Crippen molar-refractivity contribution < 1.29 is 139 Å². The van der Waals surface area contributed by atoms with Gasteiger partial charge in [0.1, 0.15) is 116 Å². The van der Waals surface area contributed by atoms with Crippen molar-refractivity contribution >= 4 is 5.97 Å². The first-order valence-electron chi connectivity index (χ1n) is 26.7. The lowest BCUT2D eigenvalue weighted by Gasteiger charge is -2.64. The Balaban J connectivity index is 1.06. The molecule has 8 aliphatic rings. The fourth-order valence-electron chi connectivity index (χ4n) is 14.5. The number of esters is 1. The quantitative estimate of drug-likeness (QED) is 0.0247. The van der Waals surface area contributed by atoms with Crippen LogP contribution in [0.4, 0.5) is 0 Å². The molecule has 28 heteroatoms. The first-order valence-corrected chi connectivity index (χ1v) is 26.7. The average molecular weight is 1130 g/mol. The number of aliphatic hydroxyl groups excluding tert-OH is 17. The fourth-order valence-corrected chi connectivity index (χ4v) is 14.5. The maximum Gasteiger partial charge on any atom is 0.314 e. The minimum Gasteiger partial charge on any atom is -0.432 e. The van der Waals surface area contributed by atoms with Gasteiger partial charge in [0.05, 0.1) is 44.1 Å². The van der Waals surface area contributed by atoms with E-state index in [9.17, 15) is 91.6 Å². The summed E-state index contributed by atoms with van der Waals surface area (Å²) in [6.45, 7) is 4.49. The van der Waals surface area contributed by atoms with Gasteiger partial charge in [-0.2, -0.15) is 0 Å². The minimum atomic E-state index is -2.41. The number of methoxy groups -OCH3 is 1. The Kier molecular flexibility index (Phi) is 19.5. The predicted molar refractivity (Wildman–Crippen MR) is 254 cm³/mol. The number of rotatable bonds is 19. The Labute approximate surface area is 449 Å². The standard InChI is InChI=1S/C50H82O28/c1-19-12-49-10-6-25-47(2,8-5-9-48(25,3)46(68)77-44-38(66)33(61)29(57)22(15-53)72-44)26(49)7-11-50(19,18-49)78-45-40(39(31(59)23(16-54)73-45)75-41(67)35(63)27(55)20(13-51)69-4)76-43-37(65)34(62)30(58)24(74-43)17-70-42-36(64)32(60)28(56)21(14-52)71-42/h20-45,51-67H,1,5-18H2,2-4H3/t20?,21?,22?,23?,24?,25-,26-,27+,28+,29+,30+,31+,32?,33?,34?,35?,36?,37?,38?,39?,40-,41-,42-,43-,44-,45-,47+,48+,49+,50-/m0/s1. The van der Waals surface area contributed by atoms with Crippen LogP contribution in [0.2, 0.25) is 0 Å². The molecule has 0 aromatic rings. The highest BCUT2D eigenvalue weighted by Crippen LogP contribution is 2.74. The van der Waals surface area contributed by atoms with Crippen LogP contribution in [0.5, 0.6) is 0 Å². The van der Waals surface area contributed by atoms with E-state index in [4.69, 9.17) is 47.4 Å². The number of aliphatic hydroxyl groups is 17. The molecule has 30 atom stereocenters.